The molecule has 0 aliphatic heterocycles. The maximum absolute atomic E-state index is 12.1. The molecule has 0 unspecified atom stereocenters. The fourth-order valence-electron chi connectivity index (χ4n) is 3.01. The van der Waals surface area contributed by atoms with E-state index in [-0.39, 0.29) is 5.56 Å². The summed E-state index contributed by atoms with van der Waals surface area (Å²) in [7, 11) is 1.62. The van der Waals surface area contributed by atoms with Crippen molar-refractivity contribution in [2.45, 2.75) is 24.8 Å². The largest absolute Gasteiger partial charge is 0.497 e. The Hall–Kier alpha value is -3.32. The molecule has 0 fully saturated rings. The summed E-state index contributed by atoms with van der Waals surface area (Å²) < 4.78 is 11.0. The molecular formula is C23H21N3O3S. The number of hydrogen-bond acceptors (Lipinski definition) is 6. The fraction of sp³-hybridized carbons (Fsp3) is 0.174. The van der Waals surface area contributed by atoms with Crippen molar-refractivity contribution in [1.82, 2.24) is 15.0 Å². The normalized spacial score (nSPS) is 10.9. The van der Waals surface area contributed by atoms with Crippen LogP contribution in [-0.4, -0.2) is 22.1 Å². The van der Waals surface area contributed by atoms with E-state index in [1.54, 1.807) is 7.11 Å². The van der Waals surface area contributed by atoms with Gasteiger partial charge in [-0.05, 0) is 50.2 Å². The Morgan fingerprint density at radius 3 is 2.57 bits per heavy atom. The molecule has 7 heteroatoms. The number of thioether (sulfide) groups is 1. The quantitative estimate of drug-likeness (QED) is 0.349. The van der Waals surface area contributed by atoms with Crippen LogP contribution in [0.4, 0.5) is 0 Å². The first-order valence-electron chi connectivity index (χ1n) is 9.44. The molecule has 0 saturated heterocycles. The minimum atomic E-state index is -0.198. The molecule has 2 heterocycles. The number of ether oxygens (including phenoxy) is 1. The molecule has 152 valence electrons. The number of rotatable bonds is 6. The van der Waals surface area contributed by atoms with E-state index in [9.17, 15) is 4.79 Å². The summed E-state index contributed by atoms with van der Waals surface area (Å²) in [6.07, 6.45) is 0. The average molecular weight is 420 g/mol. The Morgan fingerprint density at radius 2 is 1.83 bits per heavy atom. The highest BCUT2D eigenvalue weighted by molar-refractivity contribution is 7.98. The van der Waals surface area contributed by atoms with Gasteiger partial charge in [-0.3, -0.25) is 4.79 Å². The number of hydrogen-bond donors (Lipinski definition) is 1. The maximum atomic E-state index is 12.1. The summed E-state index contributed by atoms with van der Waals surface area (Å²) >= 11 is 1.42. The second-order valence-electron chi connectivity index (χ2n) is 6.84. The smallest absolute Gasteiger partial charge is 0.252 e. The standard InChI is InChI=1S/C23H21N3O3S/c1-14-5-4-6-17(11-14)22-24-20(15(2)29-22)13-30-23-25-19(12-21(27)26-23)16-7-9-18(28-3)10-8-16/h4-12H,13H2,1-3H3,(H,25,26,27). The number of nitrogens with zero attached hydrogens (tertiary/aromatic N) is 2. The summed E-state index contributed by atoms with van der Waals surface area (Å²) in [5.41, 5.74) is 4.19. The van der Waals surface area contributed by atoms with E-state index < -0.39 is 0 Å². The number of aromatic amines is 1. The van der Waals surface area contributed by atoms with Gasteiger partial charge in [0.1, 0.15) is 11.5 Å². The molecule has 0 saturated carbocycles. The van der Waals surface area contributed by atoms with Crippen molar-refractivity contribution in [3.8, 4) is 28.5 Å². The van der Waals surface area contributed by atoms with Gasteiger partial charge in [-0.25, -0.2) is 9.97 Å². The summed E-state index contributed by atoms with van der Waals surface area (Å²) in [6.45, 7) is 3.93. The predicted molar refractivity (Wildman–Crippen MR) is 118 cm³/mol. The SMILES string of the molecule is COc1ccc(-c2cc(=O)[nH]c(SCc3nc(-c4cccc(C)c4)oc3C)n2)cc1. The number of benzene rings is 2. The monoisotopic (exact) mass is 419 g/mol. The Labute approximate surface area is 178 Å². The highest BCUT2D eigenvalue weighted by Gasteiger charge is 2.13. The van der Waals surface area contributed by atoms with Crippen LogP contribution < -0.4 is 10.3 Å². The lowest BCUT2D eigenvalue weighted by molar-refractivity contribution is 0.415. The van der Waals surface area contributed by atoms with E-state index in [4.69, 9.17) is 9.15 Å². The minimum absolute atomic E-state index is 0.198. The average Bonchev–Trinajstić information content (AvgIpc) is 3.12. The topological polar surface area (TPSA) is 81.0 Å². The van der Waals surface area contributed by atoms with Gasteiger partial charge in [-0.2, -0.15) is 0 Å². The van der Waals surface area contributed by atoms with E-state index in [1.807, 2.05) is 62.4 Å². The molecular weight excluding hydrogens is 398 g/mol. The molecule has 30 heavy (non-hydrogen) atoms. The lowest BCUT2D eigenvalue weighted by atomic mass is 10.1. The highest BCUT2D eigenvalue weighted by Crippen LogP contribution is 2.27. The van der Waals surface area contributed by atoms with E-state index in [0.29, 0.717) is 22.5 Å². The third-order valence-electron chi connectivity index (χ3n) is 4.61. The van der Waals surface area contributed by atoms with Crippen LogP contribution in [0.25, 0.3) is 22.7 Å². The summed E-state index contributed by atoms with van der Waals surface area (Å²) in [5.74, 6) is 2.65. The Balaban J connectivity index is 1.54. The van der Waals surface area contributed by atoms with E-state index >= 15 is 0 Å². The lowest BCUT2D eigenvalue weighted by Gasteiger charge is -2.05. The molecule has 0 spiro atoms. The molecule has 2 aromatic heterocycles. The minimum Gasteiger partial charge on any atom is -0.497 e. The zero-order valence-electron chi connectivity index (χ0n) is 16.9. The summed E-state index contributed by atoms with van der Waals surface area (Å²) in [6, 6.07) is 17.0. The molecule has 4 aromatic rings. The molecule has 0 atom stereocenters. The van der Waals surface area contributed by atoms with E-state index in [0.717, 1.165) is 33.9 Å². The van der Waals surface area contributed by atoms with Crippen molar-refractivity contribution in [2.24, 2.45) is 0 Å². The number of nitrogens with one attached hydrogen (secondary N) is 1. The summed E-state index contributed by atoms with van der Waals surface area (Å²) in [4.78, 5) is 24.2. The molecule has 0 aliphatic carbocycles. The zero-order chi connectivity index (χ0) is 21.1. The van der Waals surface area contributed by atoms with Gasteiger partial charge in [0.25, 0.3) is 5.56 Å². The number of aryl methyl sites for hydroxylation is 2. The molecule has 0 radical (unpaired) electrons. The number of methoxy groups -OCH3 is 1. The van der Waals surface area contributed by atoms with Crippen LogP contribution in [0.15, 0.2) is 69.0 Å². The molecule has 2 aromatic carbocycles. The number of H-pyrrole nitrogens is 1. The Kier molecular flexibility index (Phi) is 5.72. The van der Waals surface area contributed by atoms with E-state index in [1.165, 1.54) is 17.8 Å². The Bertz CT molecular complexity index is 1230. The first kappa shape index (κ1) is 20.0. The van der Waals surface area contributed by atoms with Crippen molar-refractivity contribution in [3.05, 3.63) is 82.0 Å². The van der Waals surface area contributed by atoms with Gasteiger partial charge >= 0.3 is 0 Å². The first-order chi connectivity index (χ1) is 14.5. The fourth-order valence-corrected chi connectivity index (χ4v) is 3.89. The van der Waals surface area contributed by atoms with Crippen LogP contribution in [0.1, 0.15) is 17.0 Å². The maximum Gasteiger partial charge on any atom is 0.252 e. The number of oxazole rings is 1. The second kappa shape index (κ2) is 8.59. The molecule has 4 rings (SSSR count). The Morgan fingerprint density at radius 1 is 1.03 bits per heavy atom. The molecule has 0 amide bonds. The van der Waals surface area contributed by atoms with Crippen LogP contribution in [-0.2, 0) is 5.75 Å². The summed E-state index contributed by atoms with van der Waals surface area (Å²) in [5, 5.41) is 0.535. The molecule has 6 nitrogen and oxygen atoms in total. The zero-order valence-corrected chi connectivity index (χ0v) is 17.7. The lowest BCUT2D eigenvalue weighted by Crippen LogP contribution is -2.08. The number of aromatic nitrogens is 3. The molecule has 0 aliphatic rings. The highest BCUT2D eigenvalue weighted by atomic mass is 32.2. The second-order valence-corrected chi connectivity index (χ2v) is 7.81. The molecule has 0 bridgehead atoms. The van der Waals surface area contributed by atoms with Gasteiger partial charge < -0.3 is 14.1 Å². The van der Waals surface area contributed by atoms with Crippen LogP contribution in [0.5, 0.6) is 5.75 Å². The van der Waals surface area contributed by atoms with Gasteiger partial charge in [0, 0.05) is 22.9 Å². The van der Waals surface area contributed by atoms with Crippen molar-refractivity contribution in [2.75, 3.05) is 7.11 Å². The predicted octanol–water partition coefficient (Wildman–Crippen LogP) is 5.01. The van der Waals surface area contributed by atoms with Gasteiger partial charge in [0.15, 0.2) is 5.16 Å². The van der Waals surface area contributed by atoms with Crippen molar-refractivity contribution in [1.29, 1.82) is 0 Å². The molecule has 1 N–H and O–H groups in total. The van der Waals surface area contributed by atoms with Crippen molar-refractivity contribution in [3.63, 3.8) is 0 Å². The van der Waals surface area contributed by atoms with Crippen molar-refractivity contribution >= 4 is 11.8 Å². The van der Waals surface area contributed by atoms with Crippen molar-refractivity contribution < 1.29 is 9.15 Å². The van der Waals surface area contributed by atoms with E-state index in [2.05, 4.69) is 15.0 Å². The van der Waals surface area contributed by atoms with Crippen LogP contribution in [0.2, 0.25) is 0 Å². The van der Waals surface area contributed by atoms with Gasteiger partial charge in [0.2, 0.25) is 5.89 Å². The van der Waals surface area contributed by atoms with Crippen LogP contribution in [0.3, 0.4) is 0 Å². The van der Waals surface area contributed by atoms with Gasteiger partial charge in [0.05, 0.1) is 18.5 Å². The van der Waals surface area contributed by atoms with Gasteiger partial charge in [-0.15, -0.1) is 0 Å². The third kappa shape index (κ3) is 4.46. The van der Waals surface area contributed by atoms with Crippen LogP contribution >= 0.6 is 11.8 Å². The third-order valence-corrected chi connectivity index (χ3v) is 5.49. The van der Waals surface area contributed by atoms with Crippen LogP contribution in [0, 0.1) is 13.8 Å². The first-order valence-corrected chi connectivity index (χ1v) is 10.4. The van der Waals surface area contributed by atoms with Gasteiger partial charge in [-0.1, -0.05) is 29.5 Å².